The highest BCUT2D eigenvalue weighted by atomic mass is 19.1. The lowest BCUT2D eigenvalue weighted by Gasteiger charge is -2.14. The second-order valence-electron chi connectivity index (χ2n) is 3.31. The van der Waals surface area contributed by atoms with Crippen LogP contribution >= 0.6 is 0 Å². The van der Waals surface area contributed by atoms with Crippen LogP contribution in [0.4, 0.5) is 4.39 Å². The minimum absolute atomic E-state index is 0.183. The molecule has 1 rings (SSSR count). The first-order chi connectivity index (χ1) is 7.69. The summed E-state index contributed by atoms with van der Waals surface area (Å²) in [6.45, 7) is 2.21. The SMILES string of the molecule is CCOC(=O)C(COC)c1cccc(F)c1. The van der Waals surface area contributed by atoms with Gasteiger partial charge in [0.25, 0.3) is 0 Å². The van der Waals surface area contributed by atoms with Gasteiger partial charge in [0.15, 0.2) is 0 Å². The van der Waals surface area contributed by atoms with Crippen molar-refractivity contribution >= 4 is 5.97 Å². The Labute approximate surface area is 94.2 Å². The maximum atomic E-state index is 13.0. The minimum Gasteiger partial charge on any atom is -0.465 e. The highest BCUT2D eigenvalue weighted by Gasteiger charge is 2.22. The van der Waals surface area contributed by atoms with Crippen molar-refractivity contribution in [2.45, 2.75) is 12.8 Å². The van der Waals surface area contributed by atoms with Crippen LogP contribution < -0.4 is 0 Å². The van der Waals surface area contributed by atoms with Crippen molar-refractivity contribution in [2.75, 3.05) is 20.3 Å². The zero-order chi connectivity index (χ0) is 12.0. The molecule has 1 atom stereocenters. The van der Waals surface area contributed by atoms with E-state index >= 15 is 0 Å². The fraction of sp³-hybridized carbons (Fsp3) is 0.417. The third-order valence-electron chi connectivity index (χ3n) is 2.16. The number of halogens is 1. The van der Waals surface area contributed by atoms with Crippen LogP contribution in [-0.4, -0.2) is 26.3 Å². The summed E-state index contributed by atoms with van der Waals surface area (Å²) in [6.07, 6.45) is 0. The van der Waals surface area contributed by atoms with E-state index in [2.05, 4.69) is 0 Å². The maximum Gasteiger partial charge on any atom is 0.315 e. The van der Waals surface area contributed by atoms with Crippen LogP contribution in [0.5, 0.6) is 0 Å². The topological polar surface area (TPSA) is 35.5 Å². The van der Waals surface area contributed by atoms with Gasteiger partial charge in [-0.1, -0.05) is 12.1 Å². The molecule has 1 aromatic rings. The molecule has 16 heavy (non-hydrogen) atoms. The van der Waals surface area contributed by atoms with Gasteiger partial charge in [-0.25, -0.2) is 4.39 Å². The van der Waals surface area contributed by atoms with Crippen LogP contribution in [0.3, 0.4) is 0 Å². The van der Waals surface area contributed by atoms with Gasteiger partial charge in [-0.3, -0.25) is 4.79 Å². The first kappa shape index (κ1) is 12.6. The molecule has 0 amide bonds. The van der Waals surface area contributed by atoms with Gasteiger partial charge in [0.05, 0.1) is 13.2 Å². The Hall–Kier alpha value is -1.42. The van der Waals surface area contributed by atoms with E-state index in [9.17, 15) is 9.18 Å². The van der Waals surface area contributed by atoms with Gasteiger partial charge in [-0.05, 0) is 24.6 Å². The van der Waals surface area contributed by atoms with Crippen molar-refractivity contribution in [1.29, 1.82) is 0 Å². The van der Waals surface area contributed by atoms with Crippen LogP contribution in [-0.2, 0) is 14.3 Å². The summed E-state index contributed by atoms with van der Waals surface area (Å²) in [5.41, 5.74) is 0.570. The average molecular weight is 226 g/mol. The molecule has 0 spiro atoms. The molecule has 0 radical (unpaired) electrons. The van der Waals surface area contributed by atoms with Crippen LogP contribution in [0.15, 0.2) is 24.3 Å². The molecular formula is C12H15FO3. The molecule has 3 nitrogen and oxygen atoms in total. The van der Waals surface area contributed by atoms with Gasteiger partial charge in [0, 0.05) is 7.11 Å². The molecule has 0 fully saturated rings. The van der Waals surface area contributed by atoms with Gasteiger partial charge in [-0.15, -0.1) is 0 Å². The fourth-order valence-electron chi connectivity index (χ4n) is 1.43. The minimum atomic E-state index is -0.569. The van der Waals surface area contributed by atoms with Gasteiger partial charge in [-0.2, -0.15) is 0 Å². The number of hydrogen-bond acceptors (Lipinski definition) is 3. The second kappa shape index (κ2) is 6.23. The summed E-state index contributed by atoms with van der Waals surface area (Å²) in [7, 11) is 1.49. The monoisotopic (exact) mass is 226 g/mol. The van der Waals surface area contributed by atoms with E-state index in [0.29, 0.717) is 12.2 Å². The van der Waals surface area contributed by atoms with E-state index in [1.54, 1.807) is 19.1 Å². The first-order valence-electron chi connectivity index (χ1n) is 5.10. The molecular weight excluding hydrogens is 211 g/mol. The highest BCUT2D eigenvalue weighted by Crippen LogP contribution is 2.18. The van der Waals surface area contributed by atoms with Crippen LogP contribution in [0.25, 0.3) is 0 Å². The number of rotatable bonds is 5. The van der Waals surface area contributed by atoms with Crippen molar-refractivity contribution in [1.82, 2.24) is 0 Å². The molecule has 0 saturated heterocycles. The quantitative estimate of drug-likeness (QED) is 0.721. The molecule has 0 bridgehead atoms. The predicted molar refractivity (Wildman–Crippen MR) is 57.7 cm³/mol. The number of methoxy groups -OCH3 is 1. The van der Waals surface area contributed by atoms with Gasteiger partial charge >= 0.3 is 5.97 Å². The predicted octanol–water partition coefficient (Wildman–Crippen LogP) is 2.12. The van der Waals surface area contributed by atoms with Gasteiger partial charge in [0.2, 0.25) is 0 Å². The van der Waals surface area contributed by atoms with E-state index in [1.807, 2.05) is 0 Å². The third kappa shape index (κ3) is 3.31. The number of esters is 1. The lowest BCUT2D eigenvalue weighted by Crippen LogP contribution is -2.20. The van der Waals surface area contributed by atoms with Crippen molar-refractivity contribution in [2.24, 2.45) is 0 Å². The summed E-state index contributed by atoms with van der Waals surface area (Å²) >= 11 is 0. The van der Waals surface area contributed by atoms with Crippen molar-refractivity contribution in [3.63, 3.8) is 0 Å². The summed E-state index contributed by atoms with van der Waals surface area (Å²) < 4.78 is 22.9. The van der Waals surface area contributed by atoms with Gasteiger partial charge in [0.1, 0.15) is 11.7 Å². The summed E-state index contributed by atoms with van der Waals surface area (Å²) in [4.78, 5) is 11.6. The standard InChI is InChI=1S/C12H15FO3/c1-3-16-12(14)11(8-15-2)9-5-4-6-10(13)7-9/h4-7,11H,3,8H2,1-2H3. The Balaban J connectivity index is 2.88. The number of hydrogen-bond donors (Lipinski definition) is 0. The van der Waals surface area contributed by atoms with Crippen LogP contribution in [0.2, 0.25) is 0 Å². The zero-order valence-electron chi connectivity index (χ0n) is 9.40. The molecule has 4 heteroatoms. The number of benzene rings is 1. The maximum absolute atomic E-state index is 13.0. The molecule has 0 saturated carbocycles. The van der Waals surface area contributed by atoms with Crippen molar-refractivity contribution in [3.05, 3.63) is 35.6 Å². The lowest BCUT2D eigenvalue weighted by molar-refractivity contribution is -0.146. The molecule has 0 aromatic heterocycles. The van der Waals surface area contributed by atoms with Crippen LogP contribution in [0.1, 0.15) is 18.4 Å². The van der Waals surface area contributed by atoms with E-state index in [0.717, 1.165) is 0 Å². The van der Waals surface area contributed by atoms with Crippen molar-refractivity contribution < 1.29 is 18.7 Å². The van der Waals surface area contributed by atoms with E-state index < -0.39 is 11.9 Å². The Kier molecular flexibility index (Phi) is 4.92. The number of carbonyl (C=O) groups excluding carboxylic acids is 1. The first-order valence-corrected chi connectivity index (χ1v) is 5.10. The van der Waals surface area contributed by atoms with Gasteiger partial charge < -0.3 is 9.47 Å². The Morgan fingerprint density at radius 1 is 1.50 bits per heavy atom. The van der Waals surface area contributed by atoms with Crippen molar-refractivity contribution in [3.8, 4) is 0 Å². The van der Waals surface area contributed by atoms with Crippen LogP contribution in [0, 0.1) is 5.82 Å². The fourth-order valence-corrected chi connectivity index (χ4v) is 1.43. The van der Waals surface area contributed by atoms with E-state index in [-0.39, 0.29) is 12.4 Å². The number of carbonyl (C=O) groups is 1. The highest BCUT2D eigenvalue weighted by molar-refractivity contribution is 5.78. The molecule has 1 aromatic carbocycles. The summed E-state index contributed by atoms with van der Waals surface area (Å²) in [5.74, 6) is -1.33. The molecule has 0 aliphatic rings. The average Bonchev–Trinajstić information content (AvgIpc) is 2.26. The molecule has 0 aliphatic heterocycles. The Bertz CT molecular complexity index is 352. The summed E-state index contributed by atoms with van der Waals surface area (Å²) in [5, 5.41) is 0. The molecule has 88 valence electrons. The second-order valence-corrected chi connectivity index (χ2v) is 3.31. The zero-order valence-corrected chi connectivity index (χ0v) is 9.40. The third-order valence-corrected chi connectivity index (χ3v) is 2.16. The lowest BCUT2D eigenvalue weighted by atomic mass is 10.00. The smallest absolute Gasteiger partial charge is 0.315 e. The van der Waals surface area contributed by atoms with E-state index in [4.69, 9.17) is 9.47 Å². The largest absolute Gasteiger partial charge is 0.465 e. The number of ether oxygens (including phenoxy) is 2. The Morgan fingerprint density at radius 2 is 2.25 bits per heavy atom. The molecule has 1 unspecified atom stereocenters. The molecule has 0 heterocycles. The summed E-state index contributed by atoms with van der Waals surface area (Å²) in [6, 6.07) is 5.90. The molecule has 0 aliphatic carbocycles. The molecule has 0 N–H and O–H groups in total. The van der Waals surface area contributed by atoms with E-state index in [1.165, 1.54) is 19.2 Å². The Morgan fingerprint density at radius 3 is 2.81 bits per heavy atom. The normalized spacial score (nSPS) is 12.2.